The lowest BCUT2D eigenvalue weighted by atomic mass is 9.97. The van der Waals surface area contributed by atoms with E-state index in [-0.39, 0.29) is 11.7 Å². The Morgan fingerprint density at radius 2 is 2.30 bits per heavy atom. The molecule has 0 spiro atoms. The number of piperidine rings is 1. The number of anilines is 1. The van der Waals surface area contributed by atoms with Crippen molar-refractivity contribution in [1.29, 1.82) is 0 Å². The first-order valence-corrected chi connectivity index (χ1v) is 7.45. The first-order chi connectivity index (χ1) is 9.72. The predicted octanol–water partition coefficient (Wildman–Crippen LogP) is 2.16. The lowest BCUT2D eigenvalue weighted by molar-refractivity contribution is 0.0988. The summed E-state index contributed by atoms with van der Waals surface area (Å²) in [6, 6.07) is 1.61. The van der Waals surface area contributed by atoms with Gasteiger partial charge in [-0.05, 0) is 38.8 Å². The molecular weight excluding hydrogens is 276 g/mol. The van der Waals surface area contributed by atoms with E-state index in [1.165, 1.54) is 16.2 Å². The van der Waals surface area contributed by atoms with E-state index in [2.05, 4.69) is 20.8 Å². The van der Waals surface area contributed by atoms with Crippen LogP contribution in [-0.4, -0.2) is 29.1 Å². The van der Waals surface area contributed by atoms with Crippen molar-refractivity contribution in [3.8, 4) is 0 Å². The van der Waals surface area contributed by atoms with E-state index in [4.69, 9.17) is 4.52 Å². The van der Waals surface area contributed by atoms with E-state index in [1.807, 2.05) is 6.20 Å². The second kappa shape index (κ2) is 5.72. The summed E-state index contributed by atoms with van der Waals surface area (Å²) in [4.78, 5) is 17.4. The van der Waals surface area contributed by atoms with E-state index in [1.54, 1.807) is 13.0 Å². The Morgan fingerprint density at radius 3 is 3.00 bits per heavy atom. The van der Waals surface area contributed by atoms with Crippen LogP contribution in [0.1, 0.15) is 39.9 Å². The molecule has 0 aromatic carbocycles. The van der Waals surface area contributed by atoms with Gasteiger partial charge in [0.2, 0.25) is 5.76 Å². The van der Waals surface area contributed by atoms with Crippen LogP contribution in [0.2, 0.25) is 0 Å². The largest absolute Gasteiger partial charge is 0.351 e. The standard InChI is InChI=1S/C13H16N4O2S/c1-8-6-10(19-17-8)12(18)16-13-15-7-11(20-13)9-2-4-14-5-3-9/h6-7,9,14H,2-5H2,1H3,(H,15,16,18). The molecular formula is C13H16N4O2S. The number of aryl methyl sites for hydroxylation is 1. The third-order valence-electron chi connectivity index (χ3n) is 3.34. The van der Waals surface area contributed by atoms with Crippen molar-refractivity contribution in [3.05, 3.63) is 28.6 Å². The molecule has 2 N–H and O–H groups in total. The summed E-state index contributed by atoms with van der Waals surface area (Å²) in [7, 11) is 0. The molecule has 1 aliphatic rings. The third-order valence-corrected chi connectivity index (χ3v) is 4.41. The summed E-state index contributed by atoms with van der Waals surface area (Å²) in [5.41, 5.74) is 0.685. The Bertz CT molecular complexity index is 601. The minimum atomic E-state index is -0.309. The number of aromatic nitrogens is 2. The second-order valence-corrected chi connectivity index (χ2v) is 5.94. The van der Waals surface area contributed by atoms with Gasteiger partial charge in [-0.25, -0.2) is 4.98 Å². The monoisotopic (exact) mass is 292 g/mol. The second-order valence-electron chi connectivity index (χ2n) is 4.88. The zero-order valence-electron chi connectivity index (χ0n) is 11.2. The third kappa shape index (κ3) is 2.88. The van der Waals surface area contributed by atoms with E-state index < -0.39 is 0 Å². The van der Waals surface area contributed by atoms with E-state index in [0.717, 1.165) is 25.9 Å². The molecule has 1 amide bonds. The summed E-state index contributed by atoms with van der Waals surface area (Å²) >= 11 is 1.54. The summed E-state index contributed by atoms with van der Waals surface area (Å²) in [5.74, 6) is 0.449. The maximum atomic E-state index is 11.9. The summed E-state index contributed by atoms with van der Waals surface area (Å²) < 4.78 is 4.93. The van der Waals surface area contributed by atoms with Gasteiger partial charge in [0.05, 0.1) is 5.69 Å². The van der Waals surface area contributed by atoms with Crippen molar-refractivity contribution in [2.45, 2.75) is 25.7 Å². The minimum Gasteiger partial charge on any atom is -0.351 e. The number of amides is 1. The predicted molar refractivity (Wildman–Crippen MR) is 76.2 cm³/mol. The molecule has 3 heterocycles. The lowest BCUT2D eigenvalue weighted by Crippen LogP contribution is -2.26. The highest BCUT2D eigenvalue weighted by atomic mass is 32.1. The van der Waals surface area contributed by atoms with Crippen molar-refractivity contribution >= 4 is 22.4 Å². The van der Waals surface area contributed by atoms with E-state index in [0.29, 0.717) is 16.7 Å². The van der Waals surface area contributed by atoms with Gasteiger partial charge in [-0.3, -0.25) is 10.1 Å². The molecule has 1 fully saturated rings. The fourth-order valence-corrected chi connectivity index (χ4v) is 3.25. The van der Waals surface area contributed by atoms with Gasteiger partial charge in [0.1, 0.15) is 0 Å². The van der Waals surface area contributed by atoms with Gasteiger partial charge in [-0.1, -0.05) is 5.16 Å². The van der Waals surface area contributed by atoms with E-state index in [9.17, 15) is 4.79 Å². The van der Waals surface area contributed by atoms with Crippen molar-refractivity contribution in [1.82, 2.24) is 15.5 Å². The molecule has 2 aromatic heterocycles. The van der Waals surface area contributed by atoms with Gasteiger partial charge in [0.25, 0.3) is 5.91 Å². The Kier molecular flexibility index (Phi) is 3.79. The van der Waals surface area contributed by atoms with Crippen LogP contribution < -0.4 is 10.6 Å². The van der Waals surface area contributed by atoms with Crippen molar-refractivity contribution in [2.75, 3.05) is 18.4 Å². The normalized spacial score (nSPS) is 16.2. The Balaban J connectivity index is 1.66. The number of nitrogens with zero attached hydrogens (tertiary/aromatic N) is 2. The van der Waals surface area contributed by atoms with Crippen LogP contribution in [0.25, 0.3) is 0 Å². The zero-order valence-corrected chi connectivity index (χ0v) is 12.0. The van der Waals surface area contributed by atoms with Crippen molar-refractivity contribution < 1.29 is 9.32 Å². The highest BCUT2D eigenvalue weighted by molar-refractivity contribution is 7.15. The Hall–Kier alpha value is -1.73. The number of carbonyl (C=O) groups excluding carboxylic acids is 1. The Morgan fingerprint density at radius 1 is 1.50 bits per heavy atom. The molecule has 6 nitrogen and oxygen atoms in total. The molecule has 0 aliphatic carbocycles. The summed E-state index contributed by atoms with van der Waals surface area (Å²) in [6.07, 6.45) is 4.11. The Labute approximate surface area is 120 Å². The van der Waals surface area contributed by atoms with Crippen LogP contribution in [0.5, 0.6) is 0 Å². The quantitative estimate of drug-likeness (QED) is 0.906. The van der Waals surface area contributed by atoms with Crippen LogP contribution in [0.4, 0.5) is 5.13 Å². The fourth-order valence-electron chi connectivity index (χ4n) is 2.27. The van der Waals surface area contributed by atoms with Gasteiger partial charge < -0.3 is 9.84 Å². The highest BCUT2D eigenvalue weighted by Crippen LogP contribution is 2.31. The average Bonchev–Trinajstić information content (AvgIpc) is 3.09. The number of nitrogens with one attached hydrogen (secondary N) is 2. The molecule has 7 heteroatoms. The van der Waals surface area contributed by atoms with Crippen molar-refractivity contribution in [3.63, 3.8) is 0 Å². The SMILES string of the molecule is Cc1cc(C(=O)Nc2ncc(C3CCNCC3)s2)on1. The molecule has 20 heavy (non-hydrogen) atoms. The van der Waals surface area contributed by atoms with Gasteiger partial charge in [0.15, 0.2) is 5.13 Å². The number of hydrogen-bond acceptors (Lipinski definition) is 6. The van der Waals surface area contributed by atoms with E-state index >= 15 is 0 Å². The zero-order chi connectivity index (χ0) is 13.9. The maximum Gasteiger partial charge on any atom is 0.296 e. The molecule has 0 saturated carbocycles. The first kappa shape index (κ1) is 13.3. The number of thiazole rings is 1. The summed E-state index contributed by atoms with van der Waals surface area (Å²) in [5, 5.41) is 10.4. The first-order valence-electron chi connectivity index (χ1n) is 6.63. The molecule has 0 unspecified atom stereocenters. The molecule has 0 atom stereocenters. The van der Waals surface area contributed by atoms with Gasteiger partial charge in [-0.2, -0.15) is 0 Å². The number of carbonyl (C=O) groups is 1. The molecule has 1 aliphatic heterocycles. The maximum absolute atomic E-state index is 11.9. The average molecular weight is 292 g/mol. The van der Waals surface area contributed by atoms with Gasteiger partial charge in [-0.15, -0.1) is 11.3 Å². The molecule has 3 rings (SSSR count). The fraction of sp³-hybridized carbons (Fsp3) is 0.462. The summed E-state index contributed by atoms with van der Waals surface area (Å²) in [6.45, 7) is 3.86. The van der Waals surface area contributed by atoms with Crippen LogP contribution in [-0.2, 0) is 0 Å². The molecule has 1 saturated heterocycles. The molecule has 0 bridgehead atoms. The number of hydrogen-bond donors (Lipinski definition) is 2. The smallest absolute Gasteiger partial charge is 0.296 e. The van der Waals surface area contributed by atoms with Crippen LogP contribution in [0.15, 0.2) is 16.8 Å². The number of rotatable bonds is 3. The molecule has 2 aromatic rings. The topological polar surface area (TPSA) is 80.0 Å². The highest BCUT2D eigenvalue weighted by Gasteiger charge is 2.19. The molecule has 0 radical (unpaired) electrons. The van der Waals surface area contributed by atoms with Crippen LogP contribution in [0, 0.1) is 6.92 Å². The minimum absolute atomic E-state index is 0.209. The van der Waals surface area contributed by atoms with Crippen LogP contribution in [0.3, 0.4) is 0 Å². The molecule has 106 valence electrons. The van der Waals surface area contributed by atoms with Gasteiger partial charge in [0, 0.05) is 17.1 Å². The lowest BCUT2D eigenvalue weighted by Gasteiger charge is -2.20. The van der Waals surface area contributed by atoms with Crippen molar-refractivity contribution in [2.24, 2.45) is 0 Å². The van der Waals surface area contributed by atoms with Crippen LogP contribution >= 0.6 is 11.3 Å². The van der Waals surface area contributed by atoms with Gasteiger partial charge >= 0.3 is 0 Å².